The Balaban J connectivity index is 2.04. The number of rotatable bonds is 4. The van der Waals surface area contributed by atoms with E-state index < -0.39 is 4.92 Å². The van der Waals surface area contributed by atoms with Gasteiger partial charge in [-0.05, 0) is 31.6 Å². The van der Waals surface area contributed by atoms with Crippen LogP contribution in [0.5, 0.6) is 0 Å². The van der Waals surface area contributed by atoms with Crippen molar-refractivity contribution in [3.8, 4) is 0 Å². The van der Waals surface area contributed by atoms with Crippen LogP contribution in [-0.2, 0) is 0 Å². The summed E-state index contributed by atoms with van der Waals surface area (Å²) in [5.41, 5.74) is 7.16. The summed E-state index contributed by atoms with van der Waals surface area (Å²) in [6, 6.07) is 5.02. The van der Waals surface area contributed by atoms with Gasteiger partial charge in [-0.1, -0.05) is 6.42 Å². The first-order valence-corrected chi connectivity index (χ1v) is 7.72. The van der Waals surface area contributed by atoms with Crippen molar-refractivity contribution in [3.63, 3.8) is 0 Å². The minimum Gasteiger partial charge on any atom is -0.397 e. The minimum absolute atomic E-state index is 0.0358. The van der Waals surface area contributed by atoms with Gasteiger partial charge in [-0.2, -0.15) is 11.8 Å². The standard InChI is InChI=1S/C13H19N3O2S/c1-19-11-4-2-3-9(7-11)15-13-6-5-10(16(17)18)8-12(13)14/h5-6,8-9,11,15H,2-4,7,14H2,1H3. The molecule has 1 aromatic rings. The Labute approximate surface area is 117 Å². The third kappa shape index (κ3) is 3.53. The van der Waals surface area contributed by atoms with Gasteiger partial charge in [0.25, 0.3) is 5.69 Å². The fourth-order valence-corrected chi connectivity index (χ4v) is 3.33. The van der Waals surface area contributed by atoms with E-state index >= 15 is 0 Å². The van der Waals surface area contributed by atoms with Gasteiger partial charge in [0.05, 0.1) is 16.3 Å². The van der Waals surface area contributed by atoms with Crippen molar-refractivity contribution in [2.45, 2.75) is 37.0 Å². The van der Waals surface area contributed by atoms with Crippen LogP contribution in [0.15, 0.2) is 18.2 Å². The van der Waals surface area contributed by atoms with Gasteiger partial charge in [0.15, 0.2) is 0 Å². The van der Waals surface area contributed by atoms with Gasteiger partial charge in [0, 0.05) is 23.4 Å². The van der Waals surface area contributed by atoms with Crippen molar-refractivity contribution >= 4 is 28.8 Å². The summed E-state index contributed by atoms with van der Waals surface area (Å²) in [6.45, 7) is 0. The number of nitro benzene ring substituents is 1. The number of nitrogens with zero attached hydrogens (tertiary/aromatic N) is 1. The number of nitro groups is 1. The first-order valence-electron chi connectivity index (χ1n) is 6.43. The van der Waals surface area contributed by atoms with Crippen LogP contribution in [0.1, 0.15) is 25.7 Å². The van der Waals surface area contributed by atoms with Crippen molar-refractivity contribution in [1.29, 1.82) is 0 Å². The molecule has 2 atom stereocenters. The number of non-ortho nitro benzene ring substituents is 1. The van der Waals surface area contributed by atoms with Crippen LogP contribution in [0.2, 0.25) is 0 Å². The Morgan fingerprint density at radius 2 is 2.26 bits per heavy atom. The highest BCUT2D eigenvalue weighted by atomic mass is 32.2. The number of anilines is 2. The summed E-state index contributed by atoms with van der Waals surface area (Å²) >= 11 is 1.91. The Bertz CT molecular complexity index is 467. The number of nitrogens with one attached hydrogen (secondary N) is 1. The van der Waals surface area contributed by atoms with Crippen molar-refractivity contribution in [1.82, 2.24) is 0 Å². The lowest BCUT2D eigenvalue weighted by molar-refractivity contribution is -0.384. The largest absolute Gasteiger partial charge is 0.397 e. The van der Waals surface area contributed by atoms with Gasteiger partial charge in [0.2, 0.25) is 0 Å². The summed E-state index contributed by atoms with van der Waals surface area (Å²) in [5.74, 6) is 0. The van der Waals surface area contributed by atoms with E-state index in [2.05, 4.69) is 11.6 Å². The fourth-order valence-electron chi connectivity index (χ4n) is 2.51. The maximum absolute atomic E-state index is 10.7. The number of nitrogens with two attached hydrogens (primary N) is 1. The van der Waals surface area contributed by atoms with Crippen molar-refractivity contribution in [2.75, 3.05) is 17.3 Å². The van der Waals surface area contributed by atoms with Crippen LogP contribution in [0, 0.1) is 10.1 Å². The van der Waals surface area contributed by atoms with Gasteiger partial charge >= 0.3 is 0 Å². The Morgan fingerprint density at radius 3 is 2.89 bits per heavy atom. The summed E-state index contributed by atoms with van der Waals surface area (Å²) in [6.07, 6.45) is 6.89. The lowest BCUT2D eigenvalue weighted by Gasteiger charge is -2.29. The van der Waals surface area contributed by atoms with E-state index in [0.717, 1.165) is 18.5 Å². The second kappa shape index (κ2) is 6.14. The quantitative estimate of drug-likeness (QED) is 0.503. The van der Waals surface area contributed by atoms with E-state index in [1.54, 1.807) is 6.07 Å². The zero-order valence-corrected chi connectivity index (χ0v) is 11.8. The van der Waals surface area contributed by atoms with Crippen LogP contribution in [-0.4, -0.2) is 22.5 Å². The maximum Gasteiger partial charge on any atom is 0.271 e. The van der Waals surface area contributed by atoms with Crippen molar-refractivity contribution in [2.24, 2.45) is 0 Å². The first kappa shape index (κ1) is 14.0. The van der Waals surface area contributed by atoms with Crippen LogP contribution in [0.3, 0.4) is 0 Å². The van der Waals surface area contributed by atoms with Crippen molar-refractivity contribution in [3.05, 3.63) is 28.3 Å². The molecule has 6 heteroatoms. The zero-order valence-electron chi connectivity index (χ0n) is 11.0. The third-order valence-electron chi connectivity index (χ3n) is 3.57. The lowest BCUT2D eigenvalue weighted by Crippen LogP contribution is -2.28. The molecule has 1 aliphatic carbocycles. The third-order valence-corrected chi connectivity index (χ3v) is 4.66. The smallest absolute Gasteiger partial charge is 0.271 e. The van der Waals surface area contributed by atoms with E-state index in [4.69, 9.17) is 5.73 Å². The molecule has 0 aliphatic heterocycles. The Kier molecular flexibility index (Phi) is 4.52. The lowest BCUT2D eigenvalue weighted by atomic mass is 9.94. The molecule has 0 spiro atoms. The molecule has 0 amide bonds. The Morgan fingerprint density at radius 1 is 1.47 bits per heavy atom. The number of benzene rings is 1. The molecule has 0 aromatic heterocycles. The molecule has 5 nitrogen and oxygen atoms in total. The maximum atomic E-state index is 10.7. The number of thioether (sulfide) groups is 1. The number of hydrogen-bond donors (Lipinski definition) is 2. The SMILES string of the molecule is CSC1CCCC(Nc2ccc([N+](=O)[O-])cc2N)C1. The zero-order chi connectivity index (χ0) is 13.8. The van der Waals surface area contributed by atoms with Gasteiger partial charge in [-0.3, -0.25) is 10.1 Å². The van der Waals surface area contributed by atoms with Gasteiger partial charge in [0.1, 0.15) is 0 Å². The highest BCUT2D eigenvalue weighted by Gasteiger charge is 2.21. The van der Waals surface area contributed by atoms with Gasteiger partial charge in [-0.15, -0.1) is 0 Å². The molecule has 104 valence electrons. The molecule has 1 aliphatic rings. The highest BCUT2D eigenvalue weighted by Crippen LogP contribution is 2.31. The summed E-state index contributed by atoms with van der Waals surface area (Å²) in [7, 11) is 0. The van der Waals surface area contributed by atoms with E-state index in [1.807, 2.05) is 11.8 Å². The predicted molar refractivity (Wildman–Crippen MR) is 80.7 cm³/mol. The predicted octanol–water partition coefficient (Wildman–Crippen LogP) is 3.26. The molecule has 1 fully saturated rings. The molecule has 19 heavy (non-hydrogen) atoms. The fraction of sp³-hybridized carbons (Fsp3) is 0.538. The van der Waals surface area contributed by atoms with Crippen LogP contribution in [0.25, 0.3) is 0 Å². The first-order chi connectivity index (χ1) is 9.10. The normalized spacial score (nSPS) is 23.0. The minimum atomic E-state index is -0.426. The van der Waals surface area contributed by atoms with Crippen LogP contribution in [0.4, 0.5) is 17.1 Å². The average molecular weight is 281 g/mol. The van der Waals surface area contributed by atoms with Crippen molar-refractivity contribution < 1.29 is 4.92 Å². The molecular formula is C13H19N3O2S. The molecule has 0 saturated heterocycles. The van der Waals surface area contributed by atoms with Crippen LogP contribution < -0.4 is 11.1 Å². The summed E-state index contributed by atoms with van der Waals surface area (Å²) in [4.78, 5) is 10.2. The Hall–Kier alpha value is -1.43. The second-order valence-corrected chi connectivity index (χ2v) is 6.03. The molecule has 0 radical (unpaired) electrons. The monoisotopic (exact) mass is 281 g/mol. The summed E-state index contributed by atoms with van der Waals surface area (Å²) in [5, 5.41) is 14.8. The molecule has 1 aromatic carbocycles. The molecule has 3 N–H and O–H groups in total. The van der Waals surface area contributed by atoms with E-state index in [1.165, 1.54) is 25.0 Å². The molecular weight excluding hydrogens is 262 g/mol. The van der Waals surface area contributed by atoms with E-state index in [-0.39, 0.29) is 5.69 Å². The van der Waals surface area contributed by atoms with Crippen LogP contribution >= 0.6 is 11.8 Å². The summed E-state index contributed by atoms with van der Waals surface area (Å²) < 4.78 is 0. The van der Waals surface area contributed by atoms with E-state index in [0.29, 0.717) is 17.0 Å². The van der Waals surface area contributed by atoms with Gasteiger partial charge in [-0.25, -0.2) is 0 Å². The van der Waals surface area contributed by atoms with E-state index in [9.17, 15) is 10.1 Å². The number of nitrogen functional groups attached to an aromatic ring is 1. The molecule has 2 unspecified atom stereocenters. The molecule has 0 bridgehead atoms. The molecule has 2 rings (SSSR count). The average Bonchev–Trinajstić information content (AvgIpc) is 2.41. The number of hydrogen-bond acceptors (Lipinski definition) is 5. The topological polar surface area (TPSA) is 81.2 Å². The second-order valence-electron chi connectivity index (χ2n) is 4.89. The highest BCUT2D eigenvalue weighted by molar-refractivity contribution is 7.99. The molecule has 0 heterocycles. The van der Waals surface area contributed by atoms with Gasteiger partial charge < -0.3 is 11.1 Å². The molecule has 1 saturated carbocycles.